The molecule has 0 bridgehead atoms. The highest BCUT2D eigenvalue weighted by atomic mass is 35.5. The van der Waals surface area contributed by atoms with Gasteiger partial charge in [0.2, 0.25) is 0 Å². The first kappa shape index (κ1) is 20.5. The molecule has 1 aliphatic heterocycles. The Balaban J connectivity index is 1.92. The van der Waals surface area contributed by atoms with Crippen LogP contribution in [-0.2, 0) is 0 Å². The van der Waals surface area contributed by atoms with Crippen LogP contribution in [-0.4, -0.2) is 54.7 Å². The van der Waals surface area contributed by atoms with E-state index in [1.165, 1.54) is 37.3 Å². The van der Waals surface area contributed by atoms with Crippen LogP contribution in [0.15, 0.2) is 17.1 Å². The number of halogens is 1. The summed E-state index contributed by atoms with van der Waals surface area (Å²) in [6, 6.07) is 4.15. The monoisotopic (exact) mass is 386 g/mol. The molecular weight excluding hydrogens is 356 g/mol. The molecule has 1 fully saturated rings. The molecule has 0 aliphatic carbocycles. The number of aliphatic hydroxyl groups is 1. The third-order valence-corrected chi connectivity index (χ3v) is 5.88. The summed E-state index contributed by atoms with van der Waals surface area (Å²) in [6.45, 7) is 10.9. The minimum atomic E-state index is -0.583. The Morgan fingerprint density at radius 1 is 1.32 bits per heavy atom. The molecular formula is C18H31ClN4OS. The molecule has 1 aromatic heterocycles. The Bertz CT molecular complexity index is 543. The quantitative estimate of drug-likeness (QED) is 0.474. The van der Waals surface area contributed by atoms with Gasteiger partial charge in [-0.05, 0) is 50.9 Å². The maximum Gasteiger partial charge on any atom is 0.191 e. The summed E-state index contributed by atoms with van der Waals surface area (Å²) in [5, 5.41) is 16.8. The van der Waals surface area contributed by atoms with Crippen molar-refractivity contribution in [2.45, 2.75) is 45.8 Å². The van der Waals surface area contributed by atoms with Gasteiger partial charge in [-0.1, -0.05) is 25.4 Å². The van der Waals surface area contributed by atoms with Gasteiger partial charge in [-0.3, -0.25) is 9.89 Å². The molecule has 7 heteroatoms. The van der Waals surface area contributed by atoms with E-state index >= 15 is 0 Å². The van der Waals surface area contributed by atoms with Gasteiger partial charge in [-0.2, -0.15) is 0 Å². The summed E-state index contributed by atoms with van der Waals surface area (Å²) in [6.07, 6.45) is 2.00. The van der Waals surface area contributed by atoms with Crippen LogP contribution in [0.2, 0.25) is 4.34 Å². The van der Waals surface area contributed by atoms with Crippen LogP contribution in [0.4, 0.5) is 0 Å². The van der Waals surface area contributed by atoms with E-state index < -0.39 is 6.10 Å². The molecule has 1 saturated heterocycles. The van der Waals surface area contributed by atoms with E-state index in [2.05, 4.69) is 29.4 Å². The molecule has 142 valence electrons. The van der Waals surface area contributed by atoms with Crippen LogP contribution in [0.1, 0.15) is 44.6 Å². The minimum Gasteiger partial charge on any atom is -0.386 e. The van der Waals surface area contributed by atoms with Gasteiger partial charge in [0.25, 0.3) is 0 Å². The highest BCUT2D eigenvalue weighted by Crippen LogP contribution is 2.26. The van der Waals surface area contributed by atoms with Crippen LogP contribution in [0.3, 0.4) is 0 Å². The number of hydrogen-bond donors (Lipinski definition) is 3. The number of nitrogens with zero attached hydrogens (tertiary/aromatic N) is 2. The Kier molecular flexibility index (Phi) is 8.49. The Hall–Kier alpha value is -0.820. The molecule has 3 N–H and O–H groups in total. The third-order valence-electron chi connectivity index (χ3n) is 4.55. The van der Waals surface area contributed by atoms with Crippen LogP contribution < -0.4 is 10.6 Å². The van der Waals surface area contributed by atoms with Crippen LogP contribution >= 0.6 is 22.9 Å². The molecule has 2 rings (SSSR count). The molecule has 0 aromatic carbocycles. The lowest BCUT2D eigenvalue weighted by Crippen LogP contribution is -2.43. The van der Waals surface area contributed by atoms with Crippen LogP contribution in [0.25, 0.3) is 0 Å². The average Bonchev–Trinajstić information content (AvgIpc) is 3.24. The van der Waals surface area contributed by atoms with E-state index in [-0.39, 0.29) is 0 Å². The lowest BCUT2D eigenvalue weighted by molar-refractivity contribution is 0.184. The van der Waals surface area contributed by atoms with Crippen molar-refractivity contribution in [1.82, 2.24) is 15.5 Å². The SMILES string of the molecule is CCNC(=NCC(C(C)C)N1CCCC1)NCC(O)c1ccc(Cl)s1. The molecule has 5 nitrogen and oxygen atoms in total. The van der Waals surface area contributed by atoms with Gasteiger partial charge in [0.1, 0.15) is 6.10 Å². The second kappa shape index (κ2) is 10.4. The smallest absolute Gasteiger partial charge is 0.191 e. The number of aliphatic imine (C=N–C) groups is 1. The van der Waals surface area contributed by atoms with Crippen molar-refractivity contribution >= 4 is 28.9 Å². The Morgan fingerprint density at radius 2 is 2.04 bits per heavy atom. The lowest BCUT2D eigenvalue weighted by Gasteiger charge is -2.29. The zero-order valence-electron chi connectivity index (χ0n) is 15.5. The van der Waals surface area contributed by atoms with Crippen molar-refractivity contribution < 1.29 is 5.11 Å². The van der Waals surface area contributed by atoms with Gasteiger partial charge in [0.15, 0.2) is 5.96 Å². The standard InChI is InChI=1S/C18H31ClN4OS/c1-4-20-18(22-12-15(24)16-7-8-17(19)25-16)21-11-14(13(2)3)23-9-5-6-10-23/h7-8,13-15,24H,4-6,9-12H2,1-3H3,(H2,20,21,22). The summed E-state index contributed by atoms with van der Waals surface area (Å²) in [5.41, 5.74) is 0. The molecule has 0 saturated carbocycles. The summed E-state index contributed by atoms with van der Waals surface area (Å²) < 4.78 is 0.694. The highest BCUT2D eigenvalue weighted by Gasteiger charge is 2.24. The summed E-state index contributed by atoms with van der Waals surface area (Å²) >= 11 is 7.35. The zero-order chi connectivity index (χ0) is 18.2. The van der Waals surface area contributed by atoms with E-state index in [4.69, 9.17) is 16.6 Å². The van der Waals surface area contributed by atoms with Gasteiger partial charge in [-0.25, -0.2) is 0 Å². The summed E-state index contributed by atoms with van der Waals surface area (Å²) in [5.74, 6) is 1.33. The first-order chi connectivity index (χ1) is 12.0. The fourth-order valence-electron chi connectivity index (χ4n) is 3.15. The molecule has 0 spiro atoms. The minimum absolute atomic E-state index is 0.415. The van der Waals surface area contributed by atoms with Crippen molar-refractivity contribution in [3.8, 4) is 0 Å². The summed E-state index contributed by atoms with van der Waals surface area (Å²) in [4.78, 5) is 8.19. The van der Waals surface area contributed by atoms with Crippen LogP contribution in [0.5, 0.6) is 0 Å². The first-order valence-corrected chi connectivity index (χ1v) is 10.4. The molecule has 0 radical (unpaired) electrons. The fraction of sp³-hybridized carbons (Fsp3) is 0.722. The van der Waals surface area contributed by atoms with Gasteiger partial charge < -0.3 is 15.7 Å². The van der Waals surface area contributed by atoms with E-state index in [0.29, 0.717) is 22.8 Å². The third kappa shape index (κ3) is 6.44. The van der Waals surface area contributed by atoms with Crippen molar-refractivity contribution in [1.29, 1.82) is 0 Å². The van der Waals surface area contributed by atoms with E-state index in [0.717, 1.165) is 23.9 Å². The number of guanidine groups is 1. The largest absolute Gasteiger partial charge is 0.386 e. The number of aliphatic hydroxyl groups excluding tert-OH is 1. The van der Waals surface area contributed by atoms with Crippen molar-refractivity contribution in [2.75, 3.05) is 32.7 Å². The topological polar surface area (TPSA) is 59.9 Å². The second-order valence-corrected chi connectivity index (χ2v) is 8.56. The van der Waals surface area contributed by atoms with Crippen LogP contribution in [0, 0.1) is 5.92 Å². The number of thiophene rings is 1. The second-order valence-electron chi connectivity index (χ2n) is 6.81. The maximum absolute atomic E-state index is 10.3. The number of likely N-dealkylation sites (tertiary alicyclic amines) is 1. The maximum atomic E-state index is 10.3. The number of rotatable bonds is 8. The molecule has 1 aliphatic rings. The zero-order valence-corrected chi connectivity index (χ0v) is 17.0. The molecule has 2 heterocycles. The normalized spacial score (nSPS) is 18.6. The fourth-order valence-corrected chi connectivity index (χ4v) is 4.20. The predicted octanol–water partition coefficient (Wildman–Crippen LogP) is 3.11. The first-order valence-electron chi connectivity index (χ1n) is 9.20. The van der Waals surface area contributed by atoms with Gasteiger partial charge in [0, 0.05) is 24.0 Å². The highest BCUT2D eigenvalue weighted by molar-refractivity contribution is 7.16. The lowest BCUT2D eigenvalue weighted by atomic mass is 10.0. The van der Waals surface area contributed by atoms with Gasteiger partial charge in [-0.15, -0.1) is 11.3 Å². The average molecular weight is 387 g/mol. The van der Waals surface area contributed by atoms with Gasteiger partial charge in [0.05, 0.1) is 10.9 Å². The molecule has 2 atom stereocenters. The Morgan fingerprint density at radius 3 is 2.60 bits per heavy atom. The van der Waals surface area contributed by atoms with Crippen molar-refractivity contribution in [2.24, 2.45) is 10.9 Å². The molecule has 1 aromatic rings. The summed E-state index contributed by atoms with van der Waals surface area (Å²) in [7, 11) is 0. The molecule has 2 unspecified atom stereocenters. The van der Waals surface area contributed by atoms with E-state index in [1.807, 2.05) is 19.1 Å². The molecule has 0 amide bonds. The van der Waals surface area contributed by atoms with Crippen molar-refractivity contribution in [3.05, 3.63) is 21.3 Å². The number of hydrogen-bond acceptors (Lipinski definition) is 4. The van der Waals surface area contributed by atoms with Gasteiger partial charge >= 0.3 is 0 Å². The van der Waals surface area contributed by atoms with E-state index in [9.17, 15) is 5.11 Å². The van der Waals surface area contributed by atoms with Crippen molar-refractivity contribution in [3.63, 3.8) is 0 Å². The molecule has 25 heavy (non-hydrogen) atoms. The number of nitrogens with one attached hydrogen (secondary N) is 2. The van der Waals surface area contributed by atoms with E-state index in [1.54, 1.807) is 0 Å². The predicted molar refractivity (Wildman–Crippen MR) is 108 cm³/mol. The Labute approximate surface area is 160 Å².